The van der Waals surface area contributed by atoms with E-state index in [0.29, 0.717) is 6.04 Å². The van der Waals surface area contributed by atoms with E-state index in [9.17, 15) is 0 Å². The molecule has 84 valence electrons. The topological polar surface area (TPSA) is 12.0 Å². The van der Waals surface area contributed by atoms with Crippen LogP contribution in [0.2, 0.25) is 0 Å². The van der Waals surface area contributed by atoms with Crippen LogP contribution in [0.4, 0.5) is 0 Å². The summed E-state index contributed by atoms with van der Waals surface area (Å²) >= 11 is 8.81. The Morgan fingerprint density at radius 3 is 2.60 bits per heavy atom. The minimum Gasteiger partial charge on any atom is -0.306 e. The van der Waals surface area contributed by atoms with Crippen LogP contribution < -0.4 is 5.32 Å². The van der Waals surface area contributed by atoms with E-state index in [4.69, 9.17) is 0 Å². The summed E-state index contributed by atoms with van der Waals surface area (Å²) in [4.78, 5) is 1.33. The van der Waals surface area contributed by atoms with Crippen LogP contribution in [0.5, 0.6) is 0 Å². The van der Waals surface area contributed by atoms with Gasteiger partial charge in [-0.1, -0.05) is 18.6 Å². The maximum absolute atomic E-state index is 3.52. The zero-order chi connectivity index (χ0) is 11.4. The molecule has 1 aromatic heterocycles. The van der Waals surface area contributed by atoms with Crippen LogP contribution in [0.1, 0.15) is 31.7 Å². The van der Waals surface area contributed by atoms with Gasteiger partial charge in [-0.05, 0) is 58.3 Å². The molecule has 0 aliphatic heterocycles. The Labute approximate surface area is 112 Å². The molecule has 1 nitrogen and oxygen atoms in total. The molecule has 1 atom stereocenters. The maximum atomic E-state index is 3.52. The van der Waals surface area contributed by atoms with Crippen molar-refractivity contribution in [2.45, 2.75) is 26.8 Å². The molecule has 1 aromatic rings. The van der Waals surface area contributed by atoms with Crippen LogP contribution in [0, 0.1) is 0 Å². The van der Waals surface area contributed by atoms with Gasteiger partial charge in [-0.15, -0.1) is 11.3 Å². The Morgan fingerprint density at radius 1 is 1.53 bits per heavy atom. The molecule has 0 spiro atoms. The monoisotopic (exact) mass is 351 g/mol. The van der Waals surface area contributed by atoms with E-state index >= 15 is 0 Å². The lowest BCUT2D eigenvalue weighted by atomic mass is 10.1. The molecule has 15 heavy (non-hydrogen) atoms. The lowest BCUT2D eigenvalue weighted by Gasteiger charge is -2.12. The van der Waals surface area contributed by atoms with Crippen LogP contribution in [0.25, 0.3) is 0 Å². The summed E-state index contributed by atoms with van der Waals surface area (Å²) in [6.45, 7) is 7.36. The molecule has 4 heteroatoms. The molecule has 0 amide bonds. The van der Waals surface area contributed by atoms with Crippen molar-refractivity contribution in [1.29, 1.82) is 0 Å². The van der Waals surface area contributed by atoms with Gasteiger partial charge in [0.1, 0.15) is 0 Å². The van der Waals surface area contributed by atoms with Crippen molar-refractivity contribution in [3.05, 3.63) is 30.9 Å². The predicted molar refractivity (Wildman–Crippen MR) is 75.6 cm³/mol. The van der Waals surface area contributed by atoms with Crippen molar-refractivity contribution >= 4 is 43.2 Å². The molecule has 0 radical (unpaired) electrons. The molecular weight excluding hydrogens is 338 g/mol. The summed E-state index contributed by atoms with van der Waals surface area (Å²) in [7, 11) is 0. The van der Waals surface area contributed by atoms with E-state index in [1.807, 2.05) is 0 Å². The Morgan fingerprint density at radius 2 is 2.20 bits per heavy atom. The molecule has 1 rings (SSSR count). The van der Waals surface area contributed by atoms with Gasteiger partial charge in [0.25, 0.3) is 0 Å². The molecular formula is C11H15Br2NS. The number of hydrogen-bond donors (Lipinski definition) is 1. The van der Waals surface area contributed by atoms with E-state index in [1.165, 1.54) is 10.5 Å². The molecule has 0 aliphatic rings. The average Bonchev–Trinajstić information content (AvgIpc) is 2.46. The van der Waals surface area contributed by atoms with E-state index in [0.717, 1.165) is 14.8 Å². The number of hydrogen-bond acceptors (Lipinski definition) is 2. The summed E-state index contributed by atoms with van der Waals surface area (Å²) < 4.78 is 2.29. The zero-order valence-corrected chi connectivity index (χ0v) is 13.1. The Bertz CT molecular complexity index is 334. The van der Waals surface area contributed by atoms with Gasteiger partial charge >= 0.3 is 0 Å². The summed E-state index contributed by atoms with van der Waals surface area (Å²) in [6.07, 6.45) is 2.26. The van der Waals surface area contributed by atoms with Gasteiger partial charge in [0.05, 0.1) is 9.83 Å². The number of rotatable bonds is 4. The van der Waals surface area contributed by atoms with Gasteiger partial charge in [-0.2, -0.15) is 0 Å². The number of thiophene rings is 1. The molecule has 0 bridgehead atoms. The Kier molecular flexibility index (Phi) is 5.53. The van der Waals surface area contributed by atoms with Crippen molar-refractivity contribution in [2.75, 3.05) is 6.54 Å². The van der Waals surface area contributed by atoms with Crippen LogP contribution in [-0.2, 0) is 0 Å². The van der Waals surface area contributed by atoms with Gasteiger partial charge in [-0.25, -0.2) is 0 Å². The molecule has 1 N–H and O–H groups in total. The molecule has 1 unspecified atom stereocenters. The quantitative estimate of drug-likeness (QED) is 0.760. The highest BCUT2D eigenvalue weighted by atomic mass is 79.9. The van der Waals surface area contributed by atoms with E-state index in [2.05, 4.69) is 70.1 Å². The van der Waals surface area contributed by atoms with Crippen LogP contribution in [0.15, 0.2) is 26.0 Å². The van der Waals surface area contributed by atoms with Gasteiger partial charge in [0.2, 0.25) is 0 Å². The van der Waals surface area contributed by atoms with E-state index in [-0.39, 0.29) is 0 Å². The minimum atomic E-state index is 0.326. The molecule has 0 aromatic carbocycles. The molecule has 0 aliphatic carbocycles. The summed E-state index contributed by atoms with van der Waals surface area (Å²) in [5.41, 5.74) is 1.33. The smallest absolute Gasteiger partial charge is 0.0843 e. The lowest BCUT2D eigenvalue weighted by molar-refractivity contribution is 0.654. The fourth-order valence-corrected chi connectivity index (χ4v) is 3.45. The lowest BCUT2D eigenvalue weighted by Crippen LogP contribution is -2.18. The number of likely N-dealkylation sites (N-methyl/N-ethyl adjacent to an activating group) is 1. The van der Waals surface area contributed by atoms with Gasteiger partial charge in [-0.3, -0.25) is 0 Å². The average molecular weight is 353 g/mol. The highest BCUT2D eigenvalue weighted by Crippen LogP contribution is 2.36. The van der Waals surface area contributed by atoms with Gasteiger partial charge in [0, 0.05) is 9.35 Å². The van der Waals surface area contributed by atoms with Gasteiger partial charge < -0.3 is 5.32 Å². The second-order valence-corrected chi connectivity index (χ2v) is 6.81. The first-order chi connectivity index (χ1) is 7.04. The summed E-state index contributed by atoms with van der Waals surface area (Å²) in [5.74, 6) is 0. The SMILES string of the molecule is CCNC(C=C(C)C)c1cc(Br)c(Br)s1. The predicted octanol–water partition coefficient (Wildman–Crippen LogP) is 4.89. The third-order valence-electron chi connectivity index (χ3n) is 1.89. The largest absolute Gasteiger partial charge is 0.306 e. The van der Waals surface area contributed by atoms with E-state index < -0.39 is 0 Å². The summed E-state index contributed by atoms with van der Waals surface area (Å²) in [6, 6.07) is 2.49. The fourth-order valence-electron chi connectivity index (χ4n) is 1.31. The van der Waals surface area contributed by atoms with Crippen molar-refractivity contribution in [3.63, 3.8) is 0 Å². The van der Waals surface area contributed by atoms with Crippen molar-refractivity contribution in [2.24, 2.45) is 0 Å². The van der Waals surface area contributed by atoms with E-state index in [1.54, 1.807) is 11.3 Å². The molecule has 0 saturated heterocycles. The highest BCUT2D eigenvalue weighted by Gasteiger charge is 2.12. The molecule has 0 saturated carbocycles. The second kappa shape index (κ2) is 6.18. The maximum Gasteiger partial charge on any atom is 0.0843 e. The second-order valence-electron chi connectivity index (χ2n) is 3.55. The van der Waals surface area contributed by atoms with Crippen LogP contribution in [0.3, 0.4) is 0 Å². The van der Waals surface area contributed by atoms with Crippen LogP contribution in [-0.4, -0.2) is 6.54 Å². The van der Waals surface area contributed by atoms with Crippen LogP contribution >= 0.6 is 43.2 Å². The Hall–Kier alpha value is 0.360. The number of nitrogens with one attached hydrogen (secondary N) is 1. The standard InChI is InChI=1S/C11H15Br2NS/c1-4-14-9(5-7(2)3)10-6-8(12)11(13)15-10/h5-6,9,14H,4H2,1-3H3. The third-order valence-corrected chi connectivity index (χ3v) is 5.23. The first kappa shape index (κ1) is 13.4. The molecule has 1 heterocycles. The third kappa shape index (κ3) is 4.02. The minimum absolute atomic E-state index is 0.326. The normalized spacial score (nSPS) is 12.6. The highest BCUT2D eigenvalue weighted by molar-refractivity contribution is 9.13. The number of halogens is 2. The van der Waals surface area contributed by atoms with Crippen molar-refractivity contribution < 1.29 is 0 Å². The Balaban J connectivity index is 2.93. The van der Waals surface area contributed by atoms with Crippen molar-refractivity contribution in [3.8, 4) is 0 Å². The summed E-state index contributed by atoms with van der Waals surface area (Å²) in [5, 5.41) is 3.46. The molecule has 0 fully saturated rings. The number of allylic oxidation sites excluding steroid dienone is 1. The first-order valence-electron chi connectivity index (χ1n) is 4.87. The van der Waals surface area contributed by atoms with Gasteiger partial charge in [0.15, 0.2) is 0 Å². The van der Waals surface area contributed by atoms with Crippen molar-refractivity contribution in [1.82, 2.24) is 5.32 Å². The zero-order valence-electron chi connectivity index (χ0n) is 9.10. The fraction of sp³-hybridized carbons (Fsp3) is 0.455. The first-order valence-corrected chi connectivity index (χ1v) is 7.28.